The van der Waals surface area contributed by atoms with Crippen LogP contribution in [-0.2, 0) is 6.61 Å². The maximum Gasteiger partial charge on any atom is 0.335 e. The van der Waals surface area contributed by atoms with Gasteiger partial charge in [0.2, 0.25) is 0 Å². The Morgan fingerprint density at radius 1 is 1.39 bits per heavy atom. The Balaban J connectivity index is 2.20. The first kappa shape index (κ1) is 12.6. The fraction of sp³-hybridized carbons (Fsp3) is 0.231. The number of ether oxygens (including phenoxy) is 1. The van der Waals surface area contributed by atoms with Gasteiger partial charge in [0.15, 0.2) is 0 Å². The van der Waals surface area contributed by atoms with Crippen molar-refractivity contribution >= 4 is 17.3 Å². The molecule has 0 radical (unpaired) electrons. The van der Waals surface area contributed by atoms with E-state index in [-0.39, 0.29) is 5.56 Å². The second-order valence-electron chi connectivity index (χ2n) is 4.00. The van der Waals surface area contributed by atoms with Crippen molar-refractivity contribution in [2.45, 2.75) is 20.5 Å². The predicted octanol–water partition coefficient (Wildman–Crippen LogP) is 3.04. The summed E-state index contributed by atoms with van der Waals surface area (Å²) in [6, 6.07) is 3.24. The summed E-state index contributed by atoms with van der Waals surface area (Å²) in [5, 5.41) is 8.96. The van der Waals surface area contributed by atoms with Crippen molar-refractivity contribution < 1.29 is 14.6 Å². The Bertz CT molecular complexity index is 541. The van der Waals surface area contributed by atoms with Crippen LogP contribution in [0.4, 0.5) is 0 Å². The molecule has 0 unspecified atom stereocenters. The van der Waals surface area contributed by atoms with E-state index in [2.05, 4.69) is 4.98 Å². The Morgan fingerprint density at radius 3 is 2.56 bits per heavy atom. The zero-order valence-electron chi connectivity index (χ0n) is 10.1. The van der Waals surface area contributed by atoms with Gasteiger partial charge in [0, 0.05) is 6.20 Å². The van der Waals surface area contributed by atoms with Gasteiger partial charge >= 0.3 is 5.97 Å². The summed E-state index contributed by atoms with van der Waals surface area (Å²) in [5.74, 6) is -0.177. The lowest BCUT2D eigenvalue weighted by molar-refractivity contribution is 0.0696. The molecule has 0 saturated carbocycles. The number of aromatic carboxylic acids is 1. The number of hydrogen-bond donors (Lipinski definition) is 1. The Morgan fingerprint density at radius 2 is 2.06 bits per heavy atom. The molecular formula is C13H13NO3S. The van der Waals surface area contributed by atoms with Crippen molar-refractivity contribution in [3.8, 4) is 5.75 Å². The number of carboxylic acids is 1. The quantitative estimate of drug-likeness (QED) is 0.921. The van der Waals surface area contributed by atoms with Gasteiger partial charge in [-0.25, -0.2) is 4.79 Å². The first-order valence-corrected chi connectivity index (χ1v) is 6.30. The highest BCUT2D eigenvalue weighted by Crippen LogP contribution is 2.26. The van der Waals surface area contributed by atoms with E-state index in [0.29, 0.717) is 6.61 Å². The third kappa shape index (κ3) is 2.68. The zero-order chi connectivity index (χ0) is 13.1. The number of rotatable bonds is 4. The normalized spacial score (nSPS) is 10.3. The van der Waals surface area contributed by atoms with Crippen LogP contribution < -0.4 is 4.74 Å². The molecule has 1 N–H and O–H groups in total. The minimum absolute atomic E-state index is 0.287. The van der Waals surface area contributed by atoms with Gasteiger partial charge in [-0.15, -0.1) is 11.3 Å². The number of carbonyl (C=O) groups is 1. The van der Waals surface area contributed by atoms with Crippen molar-refractivity contribution in [2.24, 2.45) is 0 Å². The molecule has 0 aliphatic heterocycles. The molecule has 18 heavy (non-hydrogen) atoms. The second-order valence-corrected chi connectivity index (χ2v) is 4.97. The number of carboxylic acid groups (broad SMARTS) is 1. The molecule has 0 amide bonds. The number of benzene rings is 1. The van der Waals surface area contributed by atoms with E-state index in [1.54, 1.807) is 23.8 Å². The van der Waals surface area contributed by atoms with Crippen molar-refractivity contribution in [3.05, 3.63) is 45.4 Å². The molecule has 2 aromatic rings. The minimum Gasteiger partial charge on any atom is -0.487 e. The van der Waals surface area contributed by atoms with Crippen molar-refractivity contribution in [3.63, 3.8) is 0 Å². The Kier molecular flexibility index (Phi) is 3.62. The van der Waals surface area contributed by atoms with E-state index in [9.17, 15) is 4.79 Å². The van der Waals surface area contributed by atoms with Gasteiger partial charge < -0.3 is 9.84 Å². The van der Waals surface area contributed by atoms with Gasteiger partial charge in [-0.1, -0.05) is 0 Å². The van der Waals surface area contributed by atoms with E-state index < -0.39 is 5.97 Å². The van der Waals surface area contributed by atoms with Gasteiger partial charge in [0.1, 0.15) is 12.4 Å². The lowest BCUT2D eigenvalue weighted by atomic mass is 10.1. The van der Waals surface area contributed by atoms with Crippen LogP contribution >= 0.6 is 11.3 Å². The van der Waals surface area contributed by atoms with Crippen LogP contribution in [0.15, 0.2) is 23.8 Å². The van der Waals surface area contributed by atoms with Crippen LogP contribution in [-0.4, -0.2) is 16.1 Å². The summed E-state index contributed by atoms with van der Waals surface area (Å²) in [4.78, 5) is 15.9. The Labute approximate surface area is 109 Å². The van der Waals surface area contributed by atoms with Crippen LogP contribution in [0.3, 0.4) is 0 Å². The monoisotopic (exact) mass is 263 g/mol. The van der Waals surface area contributed by atoms with Gasteiger partial charge in [-0.3, -0.25) is 4.98 Å². The van der Waals surface area contributed by atoms with Crippen molar-refractivity contribution in [2.75, 3.05) is 0 Å². The summed E-state index contributed by atoms with van der Waals surface area (Å²) in [5.41, 5.74) is 3.70. The average molecular weight is 263 g/mol. The fourth-order valence-electron chi connectivity index (χ4n) is 1.76. The van der Waals surface area contributed by atoms with Gasteiger partial charge in [0.25, 0.3) is 0 Å². The van der Waals surface area contributed by atoms with E-state index in [1.165, 1.54) is 11.3 Å². The molecule has 1 heterocycles. The first-order chi connectivity index (χ1) is 8.58. The molecule has 0 aliphatic rings. The molecule has 1 aromatic carbocycles. The zero-order valence-corrected chi connectivity index (χ0v) is 11.0. The van der Waals surface area contributed by atoms with E-state index in [4.69, 9.17) is 9.84 Å². The average Bonchev–Trinajstić information content (AvgIpc) is 2.80. The van der Waals surface area contributed by atoms with Crippen LogP contribution in [0.2, 0.25) is 0 Å². The molecular weight excluding hydrogens is 250 g/mol. The third-order valence-electron chi connectivity index (χ3n) is 2.55. The lowest BCUT2D eigenvalue weighted by Gasteiger charge is -2.12. The van der Waals surface area contributed by atoms with Gasteiger partial charge in [-0.2, -0.15) is 0 Å². The largest absolute Gasteiger partial charge is 0.487 e. The molecule has 94 valence electrons. The molecule has 5 heteroatoms. The summed E-state index contributed by atoms with van der Waals surface area (Å²) in [6.07, 6.45) is 1.76. The standard InChI is InChI=1S/C13H13NO3S/c1-8-3-10(13(15)16)4-9(2)12(8)17-6-11-5-14-7-18-11/h3-5,7H,6H2,1-2H3,(H,15,16). The smallest absolute Gasteiger partial charge is 0.335 e. The summed E-state index contributed by atoms with van der Waals surface area (Å²) in [6.45, 7) is 4.15. The highest BCUT2D eigenvalue weighted by Gasteiger charge is 2.10. The van der Waals surface area contributed by atoms with Crippen LogP contribution in [0.5, 0.6) is 5.75 Å². The molecule has 0 aliphatic carbocycles. The molecule has 4 nitrogen and oxygen atoms in total. The highest BCUT2D eigenvalue weighted by molar-refractivity contribution is 7.09. The number of aryl methyl sites for hydroxylation is 2. The van der Waals surface area contributed by atoms with E-state index >= 15 is 0 Å². The van der Waals surface area contributed by atoms with Crippen LogP contribution in [0.25, 0.3) is 0 Å². The number of hydrogen-bond acceptors (Lipinski definition) is 4. The fourth-order valence-corrected chi connectivity index (χ4v) is 2.26. The Hall–Kier alpha value is -1.88. The van der Waals surface area contributed by atoms with Gasteiger partial charge in [0.05, 0.1) is 16.0 Å². The van der Waals surface area contributed by atoms with Gasteiger partial charge in [-0.05, 0) is 37.1 Å². The molecule has 1 aromatic heterocycles. The maximum absolute atomic E-state index is 10.9. The first-order valence-electron chi connectivity index (χ1n) is 5.42. The van der Waals surface area contributed by atoms with Crippen LogP contribution in [0.1, 0.15) is 26.4 Å². The van der Waals surface area contributed by atoms with Crippen molar-refractivity contribution in [1.82, 2.24) is 4.98 Å². The predicted molar refractivity (Wildman–Crippen MR) is 69.3 cm³/mol. The number of thiazole rings is 1. The lowest BCUT2D eigenvalue weighted by Crippen LogP contribution is -2.02. The molecule has 0 fully saturated rings. The molecule has 2 rings (SSSR count). The summed E-state index contributed by atoms with van der Waals surface area (Å²) in [7, 11) is 0. The third-order valence-corrected chi connectivity index (χ3v) is 3.30. The van der Waals surface area contributed by atoms with E-state index in [0.717, 1.165) is 21.8 Å². The summed E-state index contributed by atoms with van der Waals surface area (Å²) >= 11 is 1.53. The van der Waals surface area contributed by atoms with E-state index in [1.807, 2.05) is 13.8 Å². The minimum atomic E-state index is -0.921. The topological polar surface area (TPSA) is 59.4 Å². The highest BCUT2D eigenvalue weighted by atomic mass is 32.1. The second kappa shape index (κ2) is 5.18. The van der Waals surface area contributed by atoms with Crippen molar-refractivity contribution in [1.29, 1.82) is 0 Å². The summed E-state index contributed by atoms with van der Waals surface area (Å²) < 4.78 is 5.72. The molecule has 0 spiro atoms. The number of aromatic nitrogens is 1. The molecule has 0 bridgehead atoms. The molecule has 0 saturated heterocycles. The number of nitrogens with zero attached hydrogens (tertiary/aromatic N) is 1. The SMILES string of the molecule is Cc1cc(C(=O)O)cc(C)c1OCc1cncs1. The molecule has 0 atom stereocenters. The van der Waals surface area contributed by atoms with Crippen LogP contribution in [0, 0.1) is 13.8 Å². The maximum atomic E-state index is 10.9.